The highest BCUT2D eigenvalue weighted by Crippen LogP contribution is 2.05. The lowest BCUT2D eigenvalue weighted by atomic mass is 10.1. The van der Waals surface area contributed by atoms with Gasteiger partial charge in [-0.05, 0) is 18.9 Å². The lowest BCUT2D eigenvalue weighted by Crippen LogP contribution is -2.46. The van der Waals surface area contributed by atoms with Crippen LogP contribution in [-0.4, -0.2) is 50.1 Å². The molecule has 1 aromatic carbocycles. The molecule has 0 spiro atoms. The van der Waals surface area contributed by atoms with Crippen LogP contribution >= 0.6 is 12.4 Å². The molecule has 2 rings (SSSR count). The van der Waals surface area contributed by atoms with Gasteiger partial charge in [0.2, 0.25) is 5.91 Å². The first-order valence-corrected chi connectivity index (χ1v) is 7.49. The molecular weight excluding hydrogens is 286 g/mol. The minimum absolute atomic E-state index is 0. The average Bonchev–Trinajstić information content (AvgIpc) is 2.48. The molecular formula is C16H26ClN3O. The summed E-state index contributed by atoms with van der Waals surface area (Å²) in [7, 11) is 0. The number of halogens is 1. The van der Waals surface area contributed by atoms with E-state index in [-0.39, 0.29) is 18.3 Å². The summed E-state index contributed by atoms with van der Waals surface area (Å²) in [6.45, 7) is 8.07. The molecule has 2 N–H and O–H groups in total. The Balaban J connectivity index is 0.00000220. The first kappa shape index (κ1) is 18.0. The van der Waals surface area contributed by atoms with E-state index in [1.807, 2.05) is 0 Å². The molecule has 1 aliphatic heterocycles. The largest absolute Gasteiger partial charge is 0.355 e. The number of carbonyl (C=O) groups is 1. The van der Waals surface area contributed by atoms with Gasteiger partial charge in [0.25, 0.3) is 0 Å². The SMILES string of the molecule is Cc1ccc(CCC(=O)NCCN2CCNCC2)cc1.Cl. The van der Waals surface area contributed by atoms with E-state index in [1.54, 1.807) is 0 Å². The molecule has 0 radical (unpaired) electrons. The molecule has 1 aromatic rings. The first-order chi connectivity index (χ1) is 9.74. The number of aryl methyl sites for hydroxylation is 2. The fourth-order valence-corrected chi connectivity index (χ4v) is 2.39. The maximum Gasteiger partial charge on any atom is 0.220 e. The van der Waals surface area contributed by atoms with Crippen LogP contribution in [0.15, 0.2) is 24.3 Å². The monoisotopic (exact) mass is 311 g/mol. The maximum atomic E-state index is 11.8. The number of amides is 1. The quantitative estimate of drug-likeness (QED) is 0.834. The Morgan fingerprint density at radius 3 is 2.57 bits per heavy atom. The van der Waals surface area contributed by atoms with Crippen molar-refractivity contribution in [3.8, 4) is 0 Å². The zero-order valence-electron chi connectivity index (χ0n) is 12.7. The van der Waals surface area contributed by atoms with Crippen LogP contribution in [0.2, 0.25) is 0 Å². The summed E-state index contributed by atoms with van der Waals surface area (Å²) in [6.07, 6.45) is 1.39. The van der Waals surface area contributed by atoms with Crippen LogP contribution in [0.5, 0.6) is 0 Å². The summed E-state index contributed by atoms with van der Waals surface area (Å²) in [6, 6.07) is 8.39. The zero-order valence-corrected chi connectivity index (χ0v) is 13.5. The smallest absolute Gasteiger partial charge is 0.220 e. The summed E-state index contributed by atoms with van der Waals surface area (Å²) < 4.78 is 0. The van der Waals surface area contributed by atoms with Crippen molar-refractivity contribution in [2.45, 2.75) is 19.8 Å². The van der Waals surface area contributed by atoms with Crippen molar-refractivity contribution in [3.05, 3.63) is 35.4 Å². The van der Waals surface area contributed by atoms with E-state index in [0.717, 1.165) is 45.7 Å². The number of hydrogen-bond acceptors (Lipinski definition) is 3. The van der Waals surface area contributed by atoms with E-state index in [0.29, 0.717) is 6.42 Å². The third kappa shape index (κ3) is 6.93. The Bertz CT molecular complexity index is 416. The minimum atomic E-state index is 0. The summed E-state index contributed by atoms with van der Waals surface area (Å²) in [5, 5.41) is 6.34. The number of benzene rings is 1. The first-order valence-electron chi connectivity index (χ1n) is 7.49. The molecule has 1 amide bonds. The molecule has 1 heterocycles. The van der Waals surface area contributed by atoms with E-state index in [4.69, 9.17) is 0 Å². The van der Waals surface area contributed by atoms with Gasteiger partial charge in [-0.1, -0.05) is 29.8 Å². The molecule has 0 unspecified atom stereocenters. The number of piperazine rings is 1. The summed E-state index contributed by atoms with van der Waals surface area (Å²) >= 11 is 0. The average molecular weight is 312 g/mol. The molecule has 118 valence electrons. The predicted octanol–water partition coefficient (Wildman–Crippen LogP) is 1.37. The molecule has 0 aromatic heterocycles. The number of rotatable bonds is 6. The fourth-order valence-electron chi connectivity index (χ4n) is 2.39. The van der Waals surface area contributed by atoms with Gasteiger partial charge in [-0.2, -0.15) is 0 Å². The van der Waals surface area contributed by atoms with Crippen LogP contribution in [0.25, 0.3) is 0 Å². The normalized spacial score (nSPS) is 15.3. The van der Waals surface area contributed by atoms with Gasteiger partial charge >= 0.3 is 0 Å². The Kier molecular flexibility index (Phi) is 8.35. The lowest BCUT2D eigenvalue weighted by Gasteiger charge is -2.27. The van der Waals surface area contributed by atoms with E-state index >= 15 is 0 Å². The van der Waals surface area contributed by atoms with Gasteiger partial charge < -0.3 is 10.6 Å². The number of carbonyl (C=O) groups excluding carboxylic acids is 1. The second-order valence-corrected chi connectivity index (χ2v) is 5.43. The molecule has 0 saturated carbocycles. The Hall–Kier alpha value is -1.10. The number of hydrogen-bond donors (Lipinski definition) is 2. The second kappa shape index (κ2) is 9.77. The Morgan fingerprint density at radius 2 is 1.90 bits per heavy atom. The van der Waals surface area contributed by atoms with Crippen molar-refractivity contribution in [2.75, 3.05) is 39.3 Å². The highest BCUT2D eigenvalue weighted by molar-refractivity contribution is 5.85. The zero-order chi connectivity index (χ0) is 14.2. The third-order valence-electron chi connectivity index (χ3n) is 3.72. The van der Waals surface area contributed by atoms with Crippen LogP contribution in [-0.2, 0) is 11.2 Å². The van der Waals surface area contributed by atoms with Crippen LogP contribution in [0.1, 0.15) is 17.5 Å². The maximum absolute atomic E-state index is 11.8. The van der Waals surface area contributed by atoms with Gasteiger partial charge in [0.15, 0.2) is 0 Å². The highest BCUT2D eigenvalue weighted by Gasteiger charge is 2.09. The van der Waals surface area contributed by atoms with Crippen molar-refractivity contribution >= 4 is 18.3 Å². The van der Waals surface area contributed by atoms with Gasteiger partial charge in [0.1, 0.15) is 0 Å². The molecule has 0 aliphatic carbocycles. The van der Waals surface area contributed by atoms with Gasteiger partial charge in [0, 0.05) is 45.7 Å². The topological polar surface area (TPSA) is 44.4 Å². The van der Waals surface area contributed by atoms with Gasteiger partial charge in [0.05, 0.1) is 0 Å². The predicted molar refractivity (Wildman–Crippen MR) is 89.1 cm³/mol. The molecule has 0 bridgehead atoms. The fraction of sp³-hybridized carbons (Fsp3) is 0.562. The Labute approximate surface area is 133 Å². The number of nitrogens with one attached hydrogen (secondary N) is 2. The Morgan fingerprint density at radius 1 is 1.24 bits per heavy atom. The van der Waals surface area contributed by atoms with E-state index in [2.05, 4.69) is 46.7 Å². The van der Waals surface area contributed by atoms with Crippen molar-refractivity contribution in [2.24, 2.45) is 0 Å². The summed E-state index contributed by atoms with van der Waals surface area (Å²) in [5.41, 5.74) is 2.49. The molecule has 0 atom stereocenters. The second-order valence-electron chi connectivity index (χ2n) is 5.43. The van der Waals surface area contributed by atoms with Crippen molar-refractivity contribution in [1.82, 2.24) is 15.5 Å². The van der Waals surface area contributed by atoms with Crippen LogP contribution in [0.4, 0.5) is 0 Å². The molecule has 1 fully saturated rings. The highest BCUT2D eigenvalue weighted by atomic mass is 35.5. The van der Waals surface area contributed by atoms with Gasteiger partial charge in [-0.15, -0.1) is 12.4 Å². The molecule has 1 saturated heterocycles. The van der Waals surface area contributed by atoms with E-state index < -0.39 is 0 Å². The number of nitrogens with zero attached hydrogens (tertiary/aromatic N) is 1. The van der Waals surface area contributed by atoms with Crippen LogP contribution in [0, 0.1) is 6.92 Å². The molecule has 21 heavy (non-hydrogen) atoms. The standard InChI is InChI=1S/C16H25N3O.ClH/c1-14-2-4-15(5-3-14)6-7-16(20)18-10-13-19-11-8-17-9-12-19;/h2-5,17H,6-13H2,1H3,(H,18,20);1H. The van der Waals surface area contributed by atoms with Crippen LogP contribution in [0.3, 0.4) is 0 Å². The lowest BCUT2D eigenvalue weighted by molar-refractivity contribution is -0.121. The van der Waals surface area contributed by atoms with Gasteiger partial charge in [-0.3, -0.25) is 9.69 Å². The minimum Gasteiger partial charge on any atom is -0.355 e. The van der Waals surface area contributed by atoms with Crippen molar-refractivity contribution in [1.29, 1.82) is 0 Å². The van der Waals surface area contributed by atoms with Crippen molar-refractivity contribution < 1.29 is 4.79 Å². The molecule has 5 heteroatoms. The third-order valence-corrected chi connectivity index (χ3v) is 3.72. The van der Waals surface area contributed by atoms with Crippen LogP contribution < -0.4 is 10.6 Å². The van der Waals surface area contributed by atoms with Gasteiger partial charge in [-0.25, -0.2) is 0 Å². The van der Waals surface area contributed by atoms with Crippen molar-refractivity contribution in [3.63, 3.8) is 0 Å². The summed E-state index contributed by atoms with van der Waals surface area (Å²) in [5.74, 6) is 0.153. The van der Waals surface area contributed by atoms with E-state index in [1.165, 1.54) is 11.1 Å². The molecule has 1 aliphatic rings. The summed E-state index contributed by atoms with van der Waals surface area (Å²) in [4.78, 5) is 14.2. The van der Waals surface area contributed by atoms with E-state index in [9.17, 15) is 4.79 Å². The molecule has 4 nitrogen and oxygen atoms in total.